The highest BCUT2D eigenvalue weighted by Gasteiger charge is 2.56. The third kappa shape index (κ3) is 4.57. The van der Waals surface area contributed by atoms with Gasteiger partial charge in [-0.25, -0.2) is 0 Å². The molecule has 5 unspecified atom stereocenters. The van der Waals surface area contributed by atoms with E-state index in [9.17, 15) is 20.1 Å². The number of benzene rings is 2. The number of esters is 1. The summed E-state index contributed by atoms with van der Waals surface area (Å²) in [5.41, 5.74) is 2.01. The zero-order valence-corrected chi connectivity index (χ0v) is 24.1. The lowest BCUT2D eigenvalue weighted by atomic mass is 9.66. The number of cyclic esters (lactones) is 1. The molecule has 3 N–H and O–H groups in total. The Kier molecular flexibility index (Phi) is 6.87. The molecule has 7 rings (SSSR count). The number of aliphatic hydroxyl groups excluding tert-OH is 2. The van der Waals surface area contributed by atoms with Gasteiger partial charge in [-0.05, 0) is 54.8 Å². The molecule has 2 aromatic carbocycles. The number of aliphatic hydroxyl groups is 2. The summed E-state index contributed by atoms with van der Waals surface area (Å²) in [4.78, 5) is 13.4. The number of phenols is 1. The zero-order chi connectivity index (χ0) is 30.2. The third-order valence-electron chi connectivity index (χ3n) is 8.92. The minimum absolute atomic E-state index is 0.0280. The second-order valence-electron chi connectivity index (χ2n) is 11.8. The van der Waals surface area contributed by atoms with E-state index in [-0.39, 0.29) is 37.3 Å². The summed E-state index contributed by atoms with van der Waals surface area (Å²) in [7, 11) is 2.86. The van der Waals surface area contributed by atoms with E-state index in [1.807, 2.05) is 0 Å². The number of carbonyl (C=O) groups is 1. The number of hydrogen-bond donors (Lipinski definition) is 3. The fourth-order valence-corrected chi connectivity index (χ4v) is 6.87. The largest absolute Gasteiger partial charge is 0.502 e. The van der Waals surface area contributed by atoms with Gasteiger partial charge >= 0.3 is 5.97 Å². The van der Waals surface area contributed by atoms with E-state index in [2.05, 4.69) is 0 Å². The Labute approximate surface area is 247 Å². The molecule has 232 valence electrons. The molecule has 2 aromatic rings. The average molecular weight is 603 g/mol. The first-order valence-corrected chi connectivity index (χ1v) is 14.1. The van der Waals surface area contributed by atoms with Crippen molar-refractivity contribution < 1.29 is 62.7 Å². The molecule has 13 heteroatoms. The lowest BCUT2D eigenvalue weighted by Gasteiger charge is -2.49. The predicted octanol–water partition coefficient (Wildman–Crippen LogP) is 1.73. The fourth-order valence-electron chi connectivity index (χ4n) is 6.87. The quantitative estimate of drug-likeness (QED) is 0.425. The molecule has 3 saturated heterocycles. The Balaban J connectivity index is 1.31. The summed E-state index contributed by atoms with van der Waals surface area (Å²) in [6, 6.07) is 6.93. The molecule has 0 amide bonds. The van der Waals surface area contributed by atoms with Gasteiger partial charge in [0.15, 0.2) is 35.1 Å². The van der Waals surface area contributed by atoms with Gasteiger partial charge < -0.3 is 58.0 Å². The summed E-state index contributed by atoms with van der Waals surface area (Å²) in [6.45, 7) is 3.65. The molecule has 4 aliphatic heterocycles. The maximum atomic E-state index is 13.4. The van der Waals surface area contributed by atoms with Crippen molar-refractivity contribution >= 4 is 5.97 Å². The monoisotopic (exact) mass is 602 g/mol. The Morgan fingerprint density at radius 3 is 2.26 bits per heavy atom. The molecular formula is C30H34O13. The van der Waals surface area contributed by atoms with Crippen molar-refractivity contribution in [2.24, 2.45) is 11.8 Å². The number of hydrogen-bond acceptors (Lipinski definition) is 13. The first-order valence-electron chi connectivity index (χ1n) is 14.1. The normalized spacial score (nSPS) is 35.4. The Bertz CT molecular complexity index is 1400. The van der Waals surface area contributed by atoms with Crippen molar-refractivity contribution in [3.05, 3.63) is 41.0 Å². The second-order valence-corrected chi connectivity index (χ2v) is 11.8. The zero-order valence-electron chi connectivity index (χ0n) is 24.1. The van der Waals surface area contributed by atoms with Crippen LogP contribution >= 0.6 is 0 Å². The van der Waals surface area contributed by atoms with Gasteiger partial charge in [-0.1, -0.05) is 0 Å². The van der Waals surface area contributed by atoms with E-state index in [1.54, 1.807) is 38.1 Å². The molecule has 43 heavy (non-hydrogen) atoms. The first-order chi connectivity index (χ1) is 20.6. The van der Waals surface area contributed by atoms with Crippen LogP contribution in [0.1, 0.15) is 42.6 Å². The number of aromatic hydroxyl groups is 1. The number of fused-ring (bicyclic) bond motifs is 4. The van der Waals surface area contributed by atoms with Gasteiger partial charge in [-0.2, -0.15) is 0 Å². The topological polar surface area (TPSA) is 161 Å². The molecule has 1 aliphatic carbocycles. The molecular weight excluding hydrogens is 568 g/mol. The van der Waals surface area contributed by atoms with Crippen LogP contribution < -0.4 is 18.9 Å². The standard InChI is InChI=1S/C30H34O13/c1-30(2)40-10-20-27(43-30)24(32)25(33)29(41-20)42-26-14-8-17-16(38-11-39-17)7-13(14)21(22-15(26)9-37-28(22)34)12-5-18(35-3)23(31)19(6-12)36-4/h5-8,15,20-22,24-27,29,31-33H,9-11H2,1-4H3/t15?,20-,21?,22?,24+,25-,26?,27-,29?/m1/s1. The lowest BCUT2D eigenvalue weighted by molar-refractivity contribution is -0.388. The number of methoxy groups -OCH3 is 2. The van der Waals surface area contributed by atoms with Gasteiger partial charge in [0.1, 0.15) is 24.4 Å². The van der Waals surface area contributed by atoms with Crippen LogP contribution in [0, 0.1) is 11.8 Å². The van der Waals surface area contributed by atoms with Crippen LogP contribution in [-0.2, 0) is 28.5 Å². The van der Waals surface area contributed by atoms with Gasteiger partial charge in [0, 0.05) is 11.8 Å². The van der Waals surface area contributed by atoms with Crippen LogP contribution in [0.25, 0.3) is 0 Å². The van der Waals surface area contributed by atoms with Crippen LogP contribution in [0.5, 0.6) is 28.7 Å². The summed E-state index contributed by atoms with van der Waals surface area (Å²) in [5, 5.41) is 32.7. The van der Waals surface area contributed by atoms with Gasteiger partial charge in [-0.3, -0.25) is 4.79 Å². The van der Waals surface area contributed by atoms with Gasteiger partial charge in [0.2, 0.25) is 12.5 Å². The molecule has 0 saturated carbocycles. The smallest absolute Gasteiger partial charge is 0.310 e. The van der Waals surface area contributed by atoms with Crippen LogP contribution in [0.2, 0.25) is 0 Å². The highest BCUT2D eigenvalue weighted by Crippen LogP contribution is 2.57. The van der Waals surface area contributed by atoms with E-state index >= 15 is 0 Å². The van der Waals surface area contributed by atoms with Crippen LogP contribution in [0.4, 0.5) is 0 Å². The van der Waals surface area contributed by atoms with E-state index in [0.717, 1.165) is 0 Å². The molecule has 13 nitrogen and oxygen atoms in total. The van der Waals surface area contributed by atoms with E-state index in [4.69, 9.17) is 42.6 Å². The van der Waals surface area contributed by atoms with E-state index in [1.165, 1.54) is 14.2 Å². The van der Waals surface area contributed by atoms with Gasteiger partial charge in [0.05, 0.1) is 39.5 Å². The summed E-state index contributed by atoms with van der Waals surface area (Å²) in [5.74, 6) is -2.00. The molecule has 0 radical (unpaired) electrons. The van der Waals surface area contributed by atoms with E-state index in [0.29, 0.717) is 28.2 Å². The summed E-state index contributed by atoms with van der Waals surface area (Å²) < 4.78 is 52.0. The molecule has 9 atom stereocenters. The molecule has 0 bridgehead atoms. The second kappa shape index (κ2) is 10.4. The van der Waals surface area contributed by atoms with Crippen molar-refractivity contribution in [3.63, 3.8) is 0 Å². The highest BCUT2D eigenvalue weighted by atomic mass is 16.8. The molecule has 5 aliphatic rings. The maximum Gasteiger partial charge on any atom is 0.310 e. The van der Waals surface area contributed by atoms with Crippen LogP contribution in [-0.4, -0.2) is 92.0 Å². The van der Waals surface area contributed by atoms with Crippen LogP contribution in [0.15, 0.2) is 24.3 Å². The minimum Gasteiger partial charge on any atom is -0.502 e. The summed E-state index contributed by atoms with van der Waals surface area (Å²) in [6.07, 6.45) is -6.35. The van der Waals surface area contributed by atoms with Crippen LogP contribution in [0.3, 0.4) is 0 Å². The van der Waals surface area contributed by atoms with Gasteiger partial charge in [0.25, 0.3) is 0 Å². The molecule has 0 spiro atoms. The summed E-state index contributed by atoms with van der Waals surface area (Å²) >= 11 is 0. The Morgan fingerprint density at radius 1 is 0.907 bits per heavy atom. The number of phenolic OH excluding ortho intramolecular Hbond substituents is 1. The Morgan fingerprint density at radius 2 is 1.58 bits per heavy atom. The number of carbonyl (C=O) groups excluding carboxylic acids is 1. The van der Waals surface area contributed by atoms with Crippen molar-refractivity contribution in [1.82, 2.24) is 0 Å². The first kappa shape index (κ1) is 28.4. The minimum atomic E-state index is -1.45. The fraction of sp³-hybridized carbons (Fsp3) is 0.567. The average Bonchev–Trinajstić information content (AvgIpc) is 3.61. The van der Waals surface area contributed by atoms with Crippen molar-refractivity contribution in [1.29, 1.82) is 0 Å². The lowest BCUT2D eigenvalue weighted by Crippen LogP contribution is -2.65. The predicted molar refractivity (Wildman–Crippen MR) is 143 cm³/mol. The van der Waals surface area contributed by atoms with E-state index < -0.39 is 66.3 Å². The highest BCUT2D eigenvalue weighted by molar-refractivity contribution is 5.79. The van der Waals surface area contributed by atoms with Crippen molar-refractivity contribution in [2.45, 2.75) is 62.4 Å². The number of rotatable bonds is 5. The number of ether oxygens (including phenoxy) is 9. The SMILES string of the molecule is COc1cc(C2c3cc4c(cc3C(OC3O[C@@H]5COC(C)(C)O[C@H]5[C@@H](O)[C@H]3O)C3COC(=O)C23)OCO4)cc(OC)c1O. The van der Waals surface area contributed by atoms with Crippen molar-refractivity contribution in [3.8, 4) is 28.7 Å². The molecule has 3 fully saturated rings. The Hall–Kier alpha value is -3.33. The molecule has 0 aromatic heterocycles. The maximum absolute atomic E-state index is 13.4. The third-order valence-corrected chi connectivity index (χ3v) is 8.92. The van der Waals surface area contributed by atoms with Gasteiger partial charge in [-0.15, -0.1) is 0 Å². The molecule has 4 heterocycles. The van der Waals surface area contributed by atoms with Crippen molar-refractivity contribution in [2.75, 3.05) is 34.2 Å².